The summed E-state index contributed by atoms with van der Waals surface area (Å²) in [7, 11) is -2.23. The molecule has 0 saturated carbocycles. The van der Waals surface area contributed by atoms with E-state index in [-0.39, 0.29) is 0 Å². The third kappa shape index (κ3) is 5.01. The van der Waals surface area contributed by atoms with Crippen molar-refractivity contribution >= 4 is 7.37 Å². The second-order valence-electron chi connectivity index (χ2n) is 3.02. The summed E-state index contributed by atoms with van der Waals surface area (Å²) in [5.41, 5.74) is 0. The topological polar surface area (TPSA) is 26.3 Å². The van der Waals surface area contributed by atoms with E-state index < -0.39 is 7.37 Å². The predicted molar refractivity (Wildman–Crippen MR) is 44.9 cm³/mol. The lowest BCUT2D eigenvalue weighted by Crippen LogP contribution is -2.00. The summed E-state index contributed by atoms with van der Waals surface area (Å²) in [6, 6.07) is 0. The van der Waals surface area contributed by atoms with Crippen molar-refractivity contribution < 1.29 is 9.09 Å². The standard InChI is InChI=1S/C7H17O2P/c1-5-10(4,8)9-6-7(2)3/h7H,5-6H2,1-4H3/t10-/m0/s1. The predicted octanol–water partition coefficient (Wildman–Crippen LogP) is 2.59. The quantitative estimate of drug-likeness (QED) is 0.597. The van der Waals surface area contributed by atoms with Gasteiger partial charge in [0.25, 0.3) is 0 Å². The SMILES string of the molecule is CC[P@@](C)(=O)OCC(C)C. The van der Waals surface area contributed by atoms with E-state index in [1.807, 2.05) is 6.92 Å². The third-order valence-corrected chi connectivity index (χ3v) is 3.10. The van der Waals surface area contributed by atoms with E-state index >= 15 is 0 Å². The highest BCUT2D eigenvalue weighted by molar-refractivity contribution is 7.58. The fraction of sp³-hybridized carbons (Fsp3) is 1.00. The molecule has 0 aliphatic rings. The summed E-state index contributed by atoms with van der Waals surface area (Å²) in [6.07, 6.45) is 0.639. The summed E-state index contributed by atoms with van der Waals surface area (Å²) in [6.45, 7) is 8.30. The zero-order valence-corrected chi connectivity index (χ0v) is 8.15. The van der Waals surface area contributed by atoms with Crippen molar-refractivity contribution in [3.63, 3.8) is 0 Å². The van der Waals surface area contributed by atoms with E-state index in [9.17, 15) is 4.57 Å². The van der Waals surface area contributed by atoms with Gasteiger partial charge in [0.05, 0.1) is 6.61 Å². The molecule has 0 aromatic rings. The van der Waals surface area contributed by atoms with Crippen LogP contribution in [-0.2, 0) is 9.09 Å². The average Bonchev–Trinajstić information content (AvgIpc) is 1.85. The fourth-order valence-corrected chi connectivity index (χ4v) is 1.19. The molecule has 0 aliphatic carbocycles. The van der Waals surface area contributed by atoms with Gasteiger partial charge in [0.1, 0.15) is 0 Å². The fourth-order valence-electron chi connectivity index (χ4n) is 0.398. The molecule has 0 bridgehead atoms. The van der Waals surface area contributed by atoms with Crippen LogP contribution in [0.5, 0.6) is 0 Å². The highest BCUT2D eigenvalue weighted by Gasteiger charge is 2.12. The molecule has 0 amide bonds. The maximum atomic E-state index is 11.3. The molecule has 1 atom stereocenters. The van der Waals surface area contributed by atoms with Gasteiger partial charge in [-0.05, 0) is 5.92 Å². The van der Waals surface area contributed by atoms with E-state index in [1.165, 1.54) is 0 Å². The molecule has 0 aromatic heterocycles. The van der Waals surface area contributed by atoms with Crippen molar-refractivity contribution in [2.75, 3.05) is 19.4 Å². The van der Waals surface area contributed by atoms with E-state index in [4.69, 9.17) is 4.52 Å². The van der Waals surface area contributed by atoms with Crippen molar-refractivity contribution in [3.05, 3.63) is 0 Å². The molecule has 0 saturated heterocycles. The van der Waals surface area contributed by atoms with Crippen molar-refractivity contribution in [2.24, 2.45) is 5.92 Å². The summed E-state index contributed by atoms with van der Waals surface area (Å²) in [4.78, 5) is 0. The Balaban J connectivity index is 3.58. The normalized spacial score (nSPS) is 17.3. The second-order valence-corrected chi connectivity index (χ2v) is 5.94. The van der Waals surface area contributed by atoms with Gasteiger partial charge >= 0.3 is 0 Å². The van der Waals surface area contributed by atoms with E-state index in [0.29, 0.717) is 18.7 Å². The Morgan fingerprint density at radius 3 is 2.30 bits per heavy atom. The highest BCUT2D eigenvalue weighted by atomic mass is 31.2. The molecule has 0 unspecified atom stereocenters. The Kier molecular flexibility index (Phi) is 4.23. The molecule has 10 heavy (non-hydrogen) atoms. The van der Waals surface area contributed by atoms with Gasteiger partial charge in [-0.2, -0.15) is 0 Å². The molecular formula is C7H17O2P. The molecule has 0 aliphatic heterocycles. The van der Waals surface area contributed by atoms with Gasteiger partial charge in [0, 0.05) is 12.8 Å². The first-order valence-corrected chi connectivity index (χ1v) is 5.94. The monoisotopic (exact) mass is 164 g/mol. The van der Waals surface area contributed by atoms with Crippen LogP contribution in [0, 0.1) is 5.92 Å². The van der Waals surface area contributed by atoms with Crippen LogP contribution in [0.15, 0.2) is 0 Å². The van der Waals surface area contributed by atoms with Crippen LogP contribution < -0.4 is 0 Å². The largest absolute Gasteiger partial charge is 0.328 e. The van der Waals surface area contributed by atoms with Crippen LogP contribution in [0.1, 0.15) is 20.8 Å². The minimum absolute atomic E-state index is 0.472. The van der Waals surface area contributed by atoms with Gasteiger partial charge < -0.3 is 4.52 Å². The van der Waals surface area contributed by atoms with Gasteiger partial charge in [-0.3, -0.25) is 4.57 Å². The van der Waals surface area contributed by atoms with Crippen LogP contribution in [0.4, 0.5) is 0 Å². The molecule has 0 aromatic carbocycles. The molecule has 0 radical (unpaired) electrons. The Bertz CT molecular complexity index is 132. The van der Waals surface area contributed by atoms with Gasteiger partial charge in [0.15, 0.2) is 7.37 Å². The zero-order chi connectivity index (χ0) is 8.20. The minimum Gasteiger partial charge on any atom is -0.328 e. The second kappa shape index (κ2) is 4.15. The number of rotatable bonds is 4. The molecule has 3 heteroatoms. The van der Waals surface area contributed by atoms with Crippen LogP contribution in [-0.4, -0.2) is 19.4 Å². The maximum absolute atomic E-state index is 11.3. The number of hydrogen-bond donors (Lipinski definition) is 0. The molecule has 62 valence electrons. The van der Waals surface area contributed by atoms with Crippen molar-refractivity contribution in [2.45, 2.75) is 20.8 Å². The lowest BCUT2D eigenvalue weighted by molar-refractivity contribution is 0.274. The molecule has 0 heterocycles. The summed E-state index contributed by atoms with van der Waals surface area (Å²) < 4.78 is 16.5. The van der Waals surface area contributed by atoms with Gasteiger partial charge in [0.2, 0.25) is 0 Å². The van der Waals surface area contributed by atoms with Crippen LogP contribution in [0.25, 0.3) is 0 Å². The Labute approximate surface area is 63.4 Å². The average molecular weight is 164 g/mol. The first-order valence-electron chi connectivity index (χ1n) is 3.69. The highest BCUT2D eigenvalue weighted by Crippen LogP contribution is 2.41. The van der Waals surface area contributed by atoms with Gasteiger partial charge in [-0.25, -0.2) is 0 Å². The van der Waals surface area contributed by atoms with Crippen molar-refractivity contribution in [1.29, 1.82) is 0 Å². The van der Waals surface area contributed by atoms with E-state index in [2.05, 4.69) is 13.8 Å². The first-order chi connectivity index (χ1) is 4.48. The molecular weight excluding hydrogens is 147 g/mol. The summed E-state index contributed by atoms with van der Waals surface area (Å²) >= 11 is 0. The Morgan fingerprint density at radius 2 is 2.00 bits per heavy atom. The summed E-state index contributed by atoms with van der Waals surface area (Å²) in [5.74, 6) is 0.472. The number of hydrogen-bond acceptors (Lipinski definition) is 2. The summed E-state index contributed by atoms with van der Waals surface area (Å²) in [5, 5.41) is 0. The van der Waals surface area contributed by atoms with Crippen LogP contribution >= 0.6 is 7.37 Å². The zero-order valence-electron chi connectivity index (χ0n) is 7.26. The third-order valence-electron chi connectivity index (χ3n) is 1.26. The van der Waals surface area contributed by atoms with E-state index in [1.54, 1.807) is 6.66 Å². The van der Waals surface area contributed by atoms with Crippen LogP contribution in [0.3, 0.4) is 0 Å². The molecule has 2 nitrogen and oxygen atoms in total. The Morgan fingerprint density at radius 1 is 1.50 bits per heavy atom. The maximum Gasteiger partial charge on any atom is 0.199 e. The smallest absolute Gasteiger partial charge is 0.199 e. The first kappa shape index (κ1) is 10.2. The lowest BCUT2D eigenvalue weighted by Gasteiger charge is -2.12. The minimum atomic E-state index is -2.23. The molecule has 0 spiro atoms. The van der Waals surface area contributed by atoms with E-state index in [0.717, 1.165) is 0 Å². The lowest BCUT2D eigenvalue weighted by atomic mass is 10.2. The molecule has 0 rings (SSSR count). The molecule has 0 fully saturated rings. The Hall–Kier alpha value is 0.190. The molecule has 0 N–H and O–H groups in total. The van der Waals surface area contributed by atoms with Crippen molar-refractivity contribution in [1.82, 2.24) is 0 Å². The van der Waals surface area contributed by atoms with Gasteiger partial charge in [-0.15, -0.1) is 0 Å². The van der Waals surface area contributed by atoms with Crippen molar-refractivity contribution in [3.8, 4) is 0 Å². The van der Waals surface area contributed by atoms with Gasteiger partial charge in [-0.1, -0.05) is 20.8 Å². The van der Waals surface area contributed by atoms with Crippen LogP contribution in [0.2, 0.25) is 0 Å².